The molecule has 0 aromatic heterocycles. The molecule has 28 heavy (non-hydrogen) atoms. The number of anilines is 1. The molecular formula is C21H26N2O5. The Balaban J connectivity index is 1.43. The summed E-state index contributed by atoms with van der Waals surface area (Å²) >= 11 is 0. The monoisotopic (exact) mass is 386 g/mol. The van der Waals surface area contributed by atoms with Gasteiger partial charge in [-0.15, -0.1) is 0 Å². The second kappa shape index (κ2) is 7.81. The Kier molecular flexibility index (Phi) is 5.24. The van der Waals surface area contributed by atoms with Crippen molar-refractivity contribution in [2.75, 3.05) is 18.5 Å². The van der Waals surface area contributed by atoms with Gasteiger partial charge in [-0.05, 0) is 62.3 Å². The number of carboxylic acids is 1. The topological polar surface area (TPSA) is 95.9 Å². The van der Waals surface area contributed by atoms with E-state index < -0.39 is 17.9 Å². The second-order valence-corrected chi connectivity index (χ2v) is 8.00. The summed E-state index contributed by atoms with van der Waals surface area (Å²) in [6.07, 6.45) is 4.76. The molecule has 3 atom stereocenters. The largest absolute Gasteiger partial charge is 0.493 e. The van der Waals surface area contributed by atoms with Crippen molar-refractivity contribution in [3.8, 4) is 5.75 Å². The number of nitrogens with zero attached hydrogens (tertiary/aromatic N) is 1. The zero-order chi connectivity index (χ0) is 19.7. The van der Waals surface area contributed by atoms with Gasteiger partial charge in [-0.1, -0.05) is 0 Å². The lowest BCUT2D eigenvalue weighted by Crippen LogP contribution is -2.51. The lowest BCUT2D eigenvalue weighted by atomic mass is 9.97. The average molecular weight is 386 g/mol. The van der Waals surface area contributed by atoms with E-state index in [1.165, 1.54) is 0 Å². The molecule has 2 amide bonds. The number of piperidine rings is 1. The van der Waals surface area contributed by atoms with Crippen molar-refractivity contribution in [2.24, 2.45) is 11.8 Å². The van der Waals surface area contributed by atoms with Crippen molar-refractivity contribution >= 4 is 23.5 Å². The number of rotatable bonds is 4. The molecule has 0 spiro atoms. The highest BCUT2D eigenvalue weighted by Crippen LogP contribution is 2.34. The smallest absolute Gasteiger partial charge is 0.306 e. The SMILES string of the molecule is O=C(Nc1ccc2c(c1)CCO2)C1CCCCN1C(=O)[C@H]1CC[C@@H](C(=O)O)C1. The van der Waals surface area contributed by atoms with Gasteiger partial charge in [-0.25, -0.2) is 0 Å². The van der Waals surface area contributed by atoms with Crippen molar-refractivity contribution in [3.05, 3.63) is 23.8 Å². The third-order valence-electron chi connectivity index (χ3n) is 6.18. The zero-order valence-electron chi connectivity index (χ0n) is 15.9. The Labute approximate surface area is 164 Å². The van der Waals surface area contributed by atoms with Crippen LogP contribution in [0.3, 0.4) is 0 Å². The second-order valence-electron chi connectivity index (χ2n) is 8.00. The van der Waals surface area contributed by atoms with Gasteiger partial charge in [0.05, 0.1) is 12.5 Å². The maximum atomic E-state index is 13.0. The number of fused-ring (bicyclic) bond motifs is 1. The lowest BCUT2D eigenvalue weighted by Gasteiger charge is -2.36. The van der Waals surface area contributed by atoms with Crippen LogP contribution in [0.4, 0.5) is 5.69 Å². The predicted octanol–water partition coefficient (Wildman–Crippen LogP) is 2.44. The number of ether oxygens (including phenoxy) is 1. The standard InChI is InChI=1S/C21H26N2O5/c24-19(22-16-6-7-18-13(12-16)8-10-28-18)17-3-1-2-9-23(17)20(25)14-4-5-15(11-14)21(26)27/h6-7,12,14-15,17H,1-5,8-11H2,(H,22,24)(H,26,27)/t14-,15+,17?/m0/s1. The van der Waals surface area contributed by atoms with Crippen LogP contribution in [0.15, 0.2) is 18.2 Å². The Hall–Kier alpha value is -2.57. The molecule has 1 saturated carbocycles. The maximum Gasteiger partial charge on any atom is 0.306 e. The number of carboxylic acid groups (broad SMARTS) is 1. The zero-order valence-corrected chi connectivity index (χ0v) is 15.9. The Morgan fingerprint density at radius 3 is 2.71 bits per heavy atom. The highest BCUT2D eigenvalue weighted by molar-refractivity contribution is 5.97. The molecule has 2 heterocycles. The summed E-state index contributed by atoms with van der Waals surface area (Å²) in [5.41, 5.74) is 1.80. The van der Waals surface area contributed by atoms with Gasteiger partial charge in [0.25, 0.3) is 0 Å². The van der Waals surface area contributed by atoms with Gasteiger partial charge in [0, 0.05) is 24.6 Å². The summed E-state index contributed by atoms with van der Waals surface area (Å²) in [6.45, 7) is 1.22. The number of aliphatic carboxylic acids is 1. The highest BCUT2D eigenvalue weighted by Gasteiger charge is 2.40. The van der Waals surface area contributed by atoms with E-state index >= 15 is 0 Å². The summed E-state index contributed by atoms with van der Waals surface area (Å²) in [6, 6.07) is 5.14. The fourth-order valence-electron chi connectivity index (χ4n) is 4.62. The Morgan fingerprint density at radius 2 is 1.93 bits per heavy atom. The van der Waals surface area contributed by atoms with E-state index in [4.69, 9.17) is 4.74 Å². The van der Waals surface area contributed by atoms with Crippen LogP contribution in [0.1, 0.15) is 44.1 Å². The molecule has 1 unspecified atom stereocenters. The number of nitrogens with one attached hydrogen (secondary N) is 1. The third-order valence-corrected chi connectivity index (χ3v) is 6.18. The van der Waals surface area contributed by atoms with Crippen LogP contribution in [-0.2, 0) is 20.8 Å². The molecule has 0 bridgehead atoms. The molecular weight excluding hydrogens is 360 g/mol. The number of carbonyl (C=O) groups excluding carboxylic acids is 2. The number of hydrogen-bond acceptors (Lipinski definition) is 4. The van der Waals surface area contributed by atoms with E-state index in [0.29, 0.717) is 38.8 Å². The van der Waals surface area contributed by atoms with Crippen molar-refractivity contribution in [2.45, 2.75) is 51.0 Å². The molecule has 150 valence electrons. The van der Waals surface area contributed by atoms with Crippen molar-refractivity contribution < 1.29 is 24.2 Å². The molecule has 2 fully saturated rings. The number of likely N-dealkylation sites (tertiary alicyclic amines) is 1. The van der Waals surface area contributed by atoms with E-state index in [2.05, 4.69) is 5.32 Å². The van der Waals surface area contributed by atoms with Gasteiger partial charge < -0.3 is 20.1 Å². The van der Waals surface area contributed by atoms with E-state index in [1.807, 2.05) is 18.2 Å². The molecule has 1 aromatic rings. The van der Waals surface area contributed by atoms with Crippen molar-refractivity contribution in [1.82, 2.24) is 4.90 Å². The quantitative estimate of drug-likeness (QED) is 0.829. The van der Waals surface area contributed by atoms with Gasteiger partial charge in [-0.3, -0.25) is 14.4 Å². The first-order valence-corrected chi connectivity index (χ1v) is 10.1. The molecule has 7 heteroatoms. The summed E-state index contributed by atoms with van der Waals surface area (Å²) in [4.78, 5) is 38.9. The summed E-state index contributed by atoms with van der Waals surface area (Å²) in [7, 11) is 0. The molecule has 2 N–H and O–H groups in total. The van der Waals surface area contributed by atoms with Crippen molar-refractivity contribution in [3.63, 3.8) is 0 Å². The van der Waals surface area contributed by atoms with Crippen LogP contribution in [0.5, 0.6) is 5.75 Å². The van der Waals surface area contributed by atoms with E-state index in [9.17, 15) is 19.5 Å². The summed E-state index contributed by atoms with van der Waals surface area (Å²) in [5.74, 6) is -0.928. The first-order chi connectivity index (χ1) is 13.5. The average Bonchev–Trinajstić information content (AvgIpc) is 3.36. The molecule has 2 aliphatic heterocycles. The van der Waals surface area contributed by atoms with Crippen LogP contribution in [0.2, 0.25) is 0 Å². The molecule has 3 aliphatic rings. The Bertz CT molecular complexity index is 793. The fraction of sp³-hybridized carbons (Fsp3) is 0.571. The van der Waals surface area contributed by atoms with E-state index in [1.54, 1.807) is 4.90 Å². The van der Waals surface area contributed by atoms with Crippen LogP contribution in [0, 0.1) is 11.8 Å². The fourth-order valence-corrected chi connectivity index (χ4v) is 4.62. The van der Waals surface area contributed by atoms with Gasteiger partial charge in [-0.2, -0.15) is 0 Å². The van der Waals surface area contributed by atoms with Crippen molar-refractivity contribution in [1.29, 1.82) is 0 Å². The molecule has 1 aliphatic carbocycles. The van der Waals surface area contributed by atoms with Gasteiger partial charge >= 0.3 is 5.97 Å². The first kappa shape index (κ1) is 18.8. The number of hydrogen-bond donors (Lipinski definition) is 2. The summed E-state index contributed by atoms with van der Waals surface area (Å²) in [5, 5.41) is 12.2. The highest BCUT2D eigenvalue weighted by atomic mass is 16.5. The minimum atomic E-state index is -0.830. The minimum Gasteiger partial charge on any atom is -0.493 e. The van der Waals surface area contributed by atoms with Crippen LogP contribution < -0.4 is 10.1 Å². The first-order valence-electron chi connectivity index (χ1n) is 10.1. The number of benzene rings is 1. The van der Waals surface area contributed by atoms with Crippen LogP contribution in [-0.4, -0.2) is 47.0 Å². The van der Waals surface area contributed by atoms with E-state index in [-0.39, 0.29) is 17.7 Å². The van der Waals surface area contributed by atoms with Crippen LogP contribution in [0.25, 0.3) is 0 Å². The van der Waals surface area contributed by atoms with Gasteiger partial charge in [0.15, 0.2) is 0 Å². The molecule has 1 saturated heterocycles. The van der Waals surface area contributed by atoms with Gasteiger partial charge in [0.2, 0.25) is 11.8 Å². The third kappa shape index (κ3) is 3.70. The lowest BCUT2D eigenvalue weighted by molar-refractivity contribution is -0.144. The molecule has 7 nitrogen and oxygen atoms in total. The van der Waals surface area contributed by atoms with Crippen LogP contribution >= 0.6 is 0 Å². The summed E-state index contributed by atoms with van der Waals surface area (Å²) < 4.78 is 5.50. The predicted molar refractivity (Wildman–Crippen MR) is 102 cm³/mol. The van der Waals surface area contributed by atoms with Gasteiger partial charge in [0.1, 0.15) is 11.8 Å². The Morgan fingerprint density at radius 1 is 1.11 bits per heavy atom. The van der Waals surface area contributed by atoms with E-state index in [0.717, 1.165) is 36.3 Å². The minimum absolute atomic E-state index is 0.0639. The molecule has 0 radical (unpaired) electrons. The normalized spacial score (nSPS) is 26.4. The molecule has 1 aromatic carbocycles. The maximum absolute atomic E-state index is 13.0. The number of amides is 2. The number of carbonyl (C=O) groups is 3. The molecule has 4 rings (SSSR count).